The van der Waals surface area contributed by atoms with Crippen molar-refractivity contribution in [1.82, 2.24) is 4.90 Å². The van der Waals surface area contributed by atoms with Crippen LogP contribution >= 0.6 is 0 Å². The number of nitrogens with zero attached hydrogens (tertiary/aromatic N) is 1. The summed E-state index contributed by atoms with van der Waals surface area (Å²) < 4.78 is 0. The number of aliphatic hydroxyl groups is 1. The Bertz CT molecular complexity index is 165. The van der Waals surface area contributed by atoms with Gasteiger partial charge in [0.05, 0.1) is 6.10 Å². The van der Waals surface area contributed by atoms with E-state index in [1.54, 1.807) is 0 Å². The highest BCUT2D eigenvalue weighted by atomic mass is 16.3. The van der Waals surface area contributed by atoms with E-state index in [0.29, 0.717) is 12.0 Å². The normalized spacial score (nSPS) is 39.2. The van der Waals surface area contributed by atoms with E-state index in [-0.39, 0.29) is 6.10 Å². The average molecular weight is 139 g/mol. The van der Waals surface area contributed by atoms with Crippen molar-refractivity contribution in [3.8, 4) is 0 Å². The second-order valence-corrected chi connectivity index (χ2v) is 3.29. The van der Waals surface area contributed by atoms with Crippen LogP contribution in [0.15, 0.2) is 12.3 Å². The Hall–Kier alpha value is -0.500. The predicted molar refractivity (Wildman–Crippen MR) is 39.4 cm³/mol. The molecule has 0 saturated carbocycles. The molecule has 2 heteroatoms. The summed E-state index contributed by atoms with van der Waals surface area (Å²) in [5.74, 6) is 0.523. The van der Waals surface area contributed by atoms with Gasteiger partial charge in [-0.25, -0.2) is 0 Å². The lowest BCUT2D eigenvalue weighted by Gasteiger charge is -2.46. The summed E-state index contributed by atoms with van der Waals surface area (Å²) in [5.41, 5.74) is 0. The highest BCUT2D eigenvalue weighted by molar-refractivity contribution is 5.09. The molecule has 2 heterocycles. The fourth-order valence-corrected chi connectivity index (χ4v) is 1.90. The molecular formula is C8H13NO. The summed E-state index contributed by atoms with van der Waals surface area (Å²) in [6.45, 7) is 2.94. The standard InChI is InChI=1S/C8H13NO/c1-6(10)7-5-9-4-2-3-8(7)9/h2,4,6-8,10H,3,5H2,1H3. The number of hydrogen-bond acceptors (Lipinski definition) is 2. The third-order valence-electron chi connectivity index (χ3n) is 2.64. The molecule has 2 aliphatic rings. The minimum Gasteiger partial charge on any atom is -0.393 e. The van der Waals surface area contributed by atoms with E-state index in [9.17, 15) is 5.11 Å². The maximum absolute atomic E-state index is 9.26. The van der Waals surface area contributed by atoms with Crippen LogP contribution in [-0.4, -0.2) is 28.7 Å². The van der Waals surface area contributed by atoms with Crippen molar-refractivity contribution in [2.75, 3.05) is 6.54 Å². The van der Waals surface area contributed by atoms with Gasteiger partial charge in [-0.1, -0.05) is 6.08 Å². The van der Waals surface area contributed by atoms with Crippen molar-refractivity contribution < 1.29 is 5.11 Å². The van der Waals surface area contributed by atoms with E-state index in [0.717, 1.165) is 13.0 Å². The molecule has 56 valence electrons. The van der Waals surface area contributed by atoms with Gasteiger partial charge in [0, 0.05) is 18.5 Å². The van der Waals surface area contributed by atoms with E-state index in [2.05, 4.69) is 17.2 Å². The largest absolute Gasteiger partial charge is 0.393 e. The van der Waals surface area contributed by atoms with Crippen LogP contribution in [0.2, 0.25) is 0 Å². The Labute approximate surface area is 61.1 Å². The second-order valence-electron chi connectivity index (χ2n) is 3.29. The smallest absolute Gasteiger partial charge is 0.0577 e. The van der Waals surface area contributed by atoms with Crippen molar-refractivity contribution in [2.45, 2.75) is 25.5 Å². The van der Waals surface area contributed by atoms with Crippen molar-refractivity contribution in [3.63, 3.8) is 0 Å². The van der Waals surface area contributed by atoms with Gasteiger partial charge in [0.15, 0.2) is 0 Å². The molecule has 0 bridgehead atoms. The average Bonchev–Trinajstić information content (AvgIpc) is 2.11. The molecule has 2 aliphatic heterocycles. The third-order valence-corrected chi connectivity index (χ3v) is 2.64. The Balaban J connectivity index is 1.97. The molecule has 0 aliphatic carbocycles. The molecule has 0 amide bonds. The lowest BCUT2D eigenvalue weighted by atomic mass is 9.85. The number of fused-ring (bicyclic) bond motifs is 1. The van der Waals surface area contributed by atoms with Crippen molar-refractivity contribution in [3.05, 3.63) is 12.3 Å². The Morgan fingerprint density at radius 2 is 2.50 bits per heavy atom. The van der Waals surface area contributed by atoms with Crippen molar-refractivity contribution in [2.24, 2.45) is 5.92 Å². The fraction of sp³-hybridized carbons (Fsp3) is 0.750. The van der Waals surface area contributed by atoms with E-state index in [1.165, 1.54) is 0 Å². The minimum absolute atomic E-state index is 0.124. The summed E-state index contributed by atoms with van der Waals surface area (Å²) in [5, 5.41) is 9.26. The molecule has 2 rings (SSSR count). The molecule has 0 radical (unpaired) electrons. The molecule has 2 nitrogen and oxygen atoms in total. The van der Waals surface area contributed by atoms with Crippen LogP contribution < -0.4 is 0 Å². The zero-order chi connectivity index (χ0) is 7.14. The second kappa shape index (κ2) is 1.99. The zero-order valence-corrected chi connectivity index (χ0v) is 6.20. The third kappa shape index (κ3) is 0.686. The van der Waals surface area contributed by atoms with E-state index >= 15 is 0 Å². The van der Waals surface area contributed by atoms with E-state index < -0.39 is 0 Å². The maximum atomic E-state index is 9.26. The summed E-state index contributed by atoms with van der Waals surface area (Å²) in [6.07, 6.45) is 5.34. The predicted octanol–water partition coefficient (Wildman–Crippen LogP) is 0.585. The molecule has 0 aromatic carbocycles. The molecule has 10 heavy (non-hydrogen) atoms. The first-order valence-electron chi connectivity index (χ1n) is 3.89. The summed E-state index contributed by atoms with van der Waals surface area (Å²) in [6, 6.07) is 0.625. The number of rotatable bonds is 1. The highest BCUT2D eigenvalue weighted by Gasteiger charge is 2.40. The van der Waals surface area contributed by atoms with Crippen LogP contribution in [0.1, 0.15) is 13.3 Å². The molecule has 3 atom stereocenters. The molecule has 3 unspecified atom stereocenters. The van der Waals surface area contributed by atoms with E-state index in [4.69, 9.17) is 0 Å². The van der Waals surface area contributed by atoms with Gasteiger partial charge in [-0.2, -0.15) is 0 Å². The van der Waals surface area contributed by atoms with Gasteiger partial charge in [0.1, 0.15) is 0 Å². The summed E-state index contributed by atoms with van der Waals surface area (Å²) in [7, 11) is 0. The van der Waals surface area contributed by atoms with Crippen LogP contribution in [0.4, 0.5) is 0 Å². The van der Waals surface area contributed by atoms with Crippen LogP contribution in [-0.2, 0) is 0 Å². The summed E-state index contributed by atoms with van der Waals surface area (Å²) >= 11 is 0. The van der Waals surface area contributed by atoms with E-state index in [1.807, 2.05) is 6.92 Å². The lowest BCUT2D eigenvalue weighted by molar-refractivity contribution is -0.0138. The Morgan fingerprint density at radius 1 is 1.70 bits per heavy atom. The van der Waals surface area contributed by atoms with Crippen LogP contribution in [0.5, 0.6) is 0 Å². The SMILES string of the molecule is CC(O)C1CN2C=CCC12. The lowest BCUT2D eigenvalue weighted by Crippen LogP contribution is -2.54. The van der Waals surface area contributed by atoms with Gasteiger partial charge in [-0.3, -0.25) is 0 Å². The van der Waals surface area contributed by atoms with Gasteiger partial charge in [-0.05, 0) is 19.5 Å². The molecular weight excluding hydrogens is 126 g/mol. The van der Waals surface area contributed by atoms with Gasteiger partial charge >= 0.3 is 0 Å². The zero-order valence-electron chi connectivity index (χ0n) is 6.20. The molecule has 0 aromatic heterocycles. The fourth-order valence-electron chi connectivity index (χ4n) is 1.90. The molecule has 0 spiro atoms. The van der Waals surface area contributed by atoms with Crippen LogP contribution in [0.3, 0.4) is 0 Å². The quantitative estimate of drug-likeness (QED) is 0.574. The molecule has 1 fully saturated rings. The summed E-state index contributed by atoms with van der Waals surface area (Å²) in [4.78, 5) is 2.30. The van der Waals surface area contributed by atoms with Crippen molar-refractivity contribution >= 4 is 0 Å². The molecule has 1 saturated heterocycles. The first kappa shape index (κ1) is 6.23. The topological polar surface area (TPSA) is 23.5 Å². The van der Waals surface area contributed by atoms with Crippen molar-refractivity contribution in [1.29, 1.82) is 0 Å². The maximum Gasteiger partial charge on any atom is 0.0577 e. The highest BCUT2D eigenvalue weighted by Crippen LogP contribution is 2.34. The number of aliphatic hydroxyl groups excluding tert-OH is 1. The molecule has 1 N–H and O–H groups in total. The van der Waals surface area contributed by atoms with Crippen LogP contribution in [0.25, 0.3) is 0 Å². The Morgan fingerprint density at radius 3 is 3.10 bits per heavy atom. The number of hydrogen-bond donors (Lipinski definition) is 1. The minimum atomic E-state index is -0.124. The monoisotopic (exact) mass is 139 g/mol. The first-order chi connectivity index (χ1) is 4.79. The Kier molecular flexibility index (Phi) is 1.24. The first-order valence-corrected chi connectivity index (χ1v) is 3.89. The van der Waals surface area contributed by atoms with Gasteiger partial charge < -0.3 is 10.0 Å². The van der Waals surface area contributed by atoms with Crippen LogP contribution in [0, 0.1) is 5.92 Å². The van der Waals surface area contributed by atoms with Gasteiger partial charge in [0.25, 0.3) is 0 Å². The molecule has 0 aromatic rings. The van der Waals surface area contributed by atoms with Gasteiger partial charge in [0.2, 0.25) is 0 Å². The van der Waals surface area contributed by atoms with Gasteiger partial charge in [-0.15, -0.1) is 0 Å².